The highest BCUT2D eigenvalue weighted by Gasteiger charge is 2.21. The lowest BCUT2D eigenvalue weighted by Gasteiger charge is -2.36. The maximum Gasteiger partial charge on any atom is 0.00979 e. The van der Waals surface area contributed by atoms with Crippen LogP contribution in [0.4, 0.5) is 0 Å². The van der Waals surface area contributed by atoms with E-state index in [0.29, 0.717) is 0 Å². The second-order valence-corrected chi connectivity index (χ2v) is 4.21. The molecule has 0 spiro atoms. The normalized spacial score (nSPS) is 29.0. The minimum Gasteiger partial charge on any atom is -0.300 e. The van der Waals surface area contributed by atoms with Crippen LogP contribution in [0.3, 0.4) is 0 Å². The summed E-state index contributed by atoms with van der Waals surface area (Å²) in [6.07, 6.45) is 12.4. The summed E-state index contributed by atoms with van der Waals surface area (Å²) in [7, 11) is 0. The fourth-order valence-corrected chi connectivity index (χ4v) is 2.54. The Bertz CT molecular complexity index is 105. The first-order valence-corrected chi connectivity index (χ1v) is 5.52. The zero-order valence-electron chi connectivity index (χ0n) is 7.97. The zero-order valence-corrected chi connectivity index (χ0v) is 7.97. The van der Waals surface area contributed by atoms with E-state index in [1.54, 1.807) is 0 Å². The average Bonchev–Trinajstić information content (AvgIpc) is 2.21. The lowest BCUT2D eigenvalue weighted by molar-refractivity contribution is 0.143. The van der Waals surface area contributed by atoms with Crippen LogP contribution in [-0.4, -0.2) is 24.0 Å². The van der Waals surface area contributed by atoms with E-state index in [9.17, 15) is 0 Å². The first kappa shape index (κ1) is 8.55. The number of hydrogen-bond acceptors (Lipinski definition) is 1. The molecule has 1 saturated carbocycles. The van der Waals surface area contributed by atoms with E-state index in [1.807, 2.05) is 0 Å². The van der Waals surface area contributed by atoms with Crippen molar-refractivity contribution in [2.24, 2.45) is 0 Å². The van der Waals surface area contributed by atoms with Gasteiger partial charge in [-0.2, -0.15) is 0 Å². The Morgan fingerprint density at radius 1 is 1.00 bits per heavy atom. The summed E-state index contributed by atoms with van der Waals surface area (Å²) < 4.78 is 0. The van der Waals surface area contributed by atoms with Crippen LogP contribution in [0, 0.1) is 6.42 Å². The summed E-state index contributed by atoms with van der Waals surface area (Å²) in [5.74, 6) is 0. The Labute approximate surface area is 76.1 Å². The fourth-order valence-electron chi connectivity index (χ4n) is 2.54. The van der Waals surface area contributed by atoms with Gasteiger partial charge in [-0.15, -0.1) is 0 Å². The Balaban J connectivity index is 1.80. The van der Waals surface area contributed by atoms with E-state index >= 15 is 0 Å². The van der Waals surface area contributed by atoms with Crippen LogP contribution in [0.1, 0.15) is 44.9 Å². The molecule has 2 aliphatic rings. The van der Waals surface area contributed by atoms with Crippen molar-refractivity contribution in [3.63, 3.8) is 0 Å². The van der Waals surface area contributed by atoms with Crippen LogP contribution in [0.5, 0.6) is 0 Å². The van der Waals surface area contributed by atoms with Gasteiger partial charge in [-0.3, -0.25) is 0 Å². The van der Waals surface area contributed by atoms with Gasteiger partial charge < -0.3 is 4.90 Å². The van der Waals surface area contributed by atoms with E-state index in [-0.39, 0.29) is 0 Å². The molecule has 2 fully saturated rings. The maximum absolute atomic E-state index is 2.72. The lowest BCUT2D eigenvalue weighted by atomic mass is 9.93. The largest absolute Gasteiger partial charge is 0.300 e. The highest BCUT2D eigenvalue weighted by molar-refractivity contribution is 4.85. The van der Waals surface area contributed by atoms with Crippen molar-refractivity contribution in [2.45, 2.75) is 51.0 Å². The standard InChI is InChI=1S/C11H20N/c1-3-7-11(8-4-1)12-9-5-2-6-10-12/h3,11H,1-2,4-10H2. The van der Waals surface area contributed by atoms with Gasteiger partial charge in [-0.05, 0) is 45.2 Å². The number of hydrogen-bond donors (Lipinski definition) is 0. The fraction of sp³-hybridized carbons (Fsp3) is 0.909. The van der Waals surface area contributed by atoms with Gasteiger partial charge in [0.15, 0.2) is 0 Å². The third kappa shape index (κ3) is 2.01. The minimum absolute atomic E-state index is 0.916. The highest BCUT2D eigenvalue weighted by Crippen LogP contribution is 2.24. The van der Waals surface area contributed by atoms with Crippen LogP contribution < -0.4 is 0 Å². The summed E-state index contributed by atoms with van der Waals surface area (Å²) in [4.78, 5) is 2.72. The molecule has 2 rings (SSSR count). The van der Waals surface area contributed by atoms with Gasteiger partial charge >= 0.3 is 0 Å². The molecule has 1 heterocycles. The van der Waals surface area contributed by atoms with Gasteiger partial charge in [0.1, 0.15) is 0 Å². The van der Waals surface area contributed by atoms with Gasteiger partial charge in [0.25, 0.3) is 0 Å². The molecule has 0 N–H and O–H groups in total. The first-order chi connectivity index (χ1) is 5.97. The van der Waals surface area contributed by atoms with Crippen molar-refractivity contribution in [1.29, 1.82) is 0 Å². The third-order valence-corrected chi connectivity index (χ3v) is 3.29. The molecule has 1 radical (unpaired) electrons. The zero-order chi connectivity index (χ0) is 8.23. The van der Waals surface area contributed by atoms with E-state index in [4.69, 9.17) is 0 Å². The molecule has 1 heteroatoms. The van der Waals surface area contributed by atoms with E-state index in [0.717, 1.165) is 6.04 Å². The number of nitrogens with zero attached hydrogens (tertiary/aromatic N) is 1. The topological polar surface area (TPSA) is 3.24 Å². The molecular weight excluding hydrogens is 146 g/mol. The van der Waals surface area contributed by atoms with Crippen molar-refractivity contribution in [2.75, 3.05) is 13.1 Å². The summed E-state index contributed by atoms with van der Waals surface area (Å²) >= 11 is 0. The maximum atomic E-state index is 2.72. The molecule has 1 aliphatic heterocycles. The molecule has 1 unspecified atom stereocenters. The molecule has 12 heavy (non-hydrogen) atoms. The predicted molar refractivity (Wildman–Crippen MR) is 52.0 cm³/mol. The summed E-state index contributed by atoms with van der Waals surface area (Å²) in [6, 6.07) is 0.916. The Morgan fingerprint density at radius 2 is 1.83 bits per heavy atom. The quantitative estimate of drug-likeness (QED) is 0.579. The molecule has 0 aromatic rings. The molecular formula is C11H20N. The molecule has 1 saturated heterocycles. The highest BCUT2D eigenvalue weighted by atomic mass is 15.2. The Kier molecular flexibility index (Phi) is 3.04. The van der Waals surface area contributed by atoms with E-state index in [1.165, 1.54) is 58.0 Å². The Hall–Kier alpha value is -0.0400. The average molecular weight is 166 g/mol. The molecule has 0 aromatic heterocycles. The van der Waals surface area contributed by atoms with Crippen LogP contribution >= 0.6 is 0 Å². The molecule has 0 aromatic carbocycles. The summed E-state index contributed by atoms with van der Waals surface area (Å²) in [5, 5.41) is 0. The van der Waals surface area contributed by atoms with Crippen LogP contribution in [0.2, 0.25) is 0 Å². The lowest BCUT2D eigenvalue weighted by Crippen LogP contribution is -2.40. The first-order valence-electron chi connectivity index (χ1n) is 5.52. The van der Waals surface area contributed by atoms with Crippen molar-refractivity contribution in [3.05, 3.63) is 6.42 Å². The van der Waals surface area contributed by atoms with Crippen molar-refractivity contribution in [3.8, 4) is 0 Å². The number of likely N-dealkylation sites (tertiary alicyclic amines) is 1. The predicted octanol–water partition coefficient (Wildman–Crippen LogP) is 2.62. The van der Waals surface area contributed by atoms with Gasteiger partial charge in [0.05, 0.1) is 0 Å². The van der Waals surface area contributed by atoms with Gasteiger partial charge in [0, 0.05) is 6.04 Å². The summed E-state index contributed by atoms with van der Waals surface area (Å²) in [6.45, 7) is 2.75. The van der Waals surface area contributed by atoms with Gasteiger partial charge in [-0.25, -0.2) is 0 Å². The van der Waals surface area contributed by atoms with Crippen LogP contribution in [0.15, 0.2) is 0 Å². The number of rotatable bonds is 1. The van der Waals surface area contributed by atoms with Gasteiger partial charge in [0.2, 0.25) is 0 Å². The molecule has 0 bridgehead atoms. The van der Waals surface area contributed by atoms with E-state index in [2.05, 4.69) is 11.3 Å². The minimum atomic E-state index is 0.916. The van der Waals surface area contributed by atoms with Crippen LogP contribution in [0.25, 0.3) is 0 Å². The summed E-state index contributed by atoms with van der Waals surface area (Å²) in [5.41, 5.74) is 0. The molecule has 69 valence electrons. The molecule has 0 amide bonds. The molecule has 1 atom stereocenters. The van der Waals surface area contributed by atoms with Crippen molar-refractivity contribution >= 4 is 0 Å². The third-order valence-electron chi connectivity index (χ3n) is 3.29. The SMILES string of the molecule is [CH]1CCCC(N2CCCCC2)C1. The second kappa shape index (κ2) is 4.27. The molecule has 1 nitrogen and oxygen atoms in total. The smallest absolute Gasteiger partial charge is 0.00979 e. The number of piperidine rings is 1. The van der Waals surface area contributed by atoms with Crippen LogP contribution in [-0.2, 0) is 0 Å². The molecule has 1 aliphatic carbocycles. The Morgan fingerprint density at radius 3 is 2.50 bits per heavy atom. The van der Waals surface area contributed by atoms with E-state index < -0.39 is 0 Å². The second-order valence-electron chi connectivity index (χ2n) is 4.21. The van der Waals surface area contributed by atoms with Crippen molar-refractivity contribution < 1.29 is 0 Å². The van der Waals surface area contributed by atoms with Gasteiger partial charge in [-0.1, -0.05) is 19.3 Å². The van der Waals surface area contributed by atoms with Crippen molar-refractivity contribution in [1.82, 2.24) is 4.90 Å². The monoisotopic (exact) mass is 166 g/mol.